The Labute approximate surface area is 116 Å². The maximum atomic E-state index is 11.9. The fourth-order valence-electron chi connectivity index (χ4n) is 1.64. The largest absolute Gasteiger partial charge is 0.449 e. The summed E-state index contributed by atoms with van der Waals surface area (Å²) >= 11 is 0. The van der Waals surface area contributed by atoms with Crippen molar-refractivity contribution in [1.29, 1.82) is 0 Å². The maximum absolute atomic E-state index is 11.9. The Morgan fingerprint density at radius 3 is 2.65 bits per heavy atom. The molecule has 0 spiro atoms. The first-order valence-electron chi connectivity index (χ1n) is 6.11. The number of likely N-dealkylation sites (N-methyl/N-ethyl adjacent to an activating group) is 1. The standard InChI is InChI=1S/C13H16N2O5/c1-4-14-12(16)9(3)20-13(17)10-6-5-7-11(8(10)2)15(18)19/h5-7,9H,4H2,1-3H3,(H,14,16)/t9-/m1/s1. The smallest absolute Gasteiger partial charge is 0.339 e. The van der Waals surface area contributed by atoms with Gasteiger partial charge in [0.15, 0.2) is 6.10 Å². The van der Waals surface area contributed by atoms with Crippen molar-refractivity contribution in [2.75, 3.05) is 6.54 Å². The molecule has 0 saturated heterocycles. The van der Waals surface area contributed by atoms with E-state index in [1.807, 2.05) is 0 Å². The zero-order valence-electron chi connectivity index (χ0n) is 11.5. The molecule has 0 aliphatic rings. The van der Waals surface area contributed by atoms with Gasteiger partial charge in [-0.05, 0) is 26.8 Å². The number of rotatable bonds is 5. The maximum Gasteiger partial charge on any atom is 0.339 e. The highest BCUT2D eigenvalue weighted by Crippen LogP contribution is 2.22. The van der Waals surface area contributed by atoms with Gasteiger partial charge in [-0.25, -0.2) is 4.79 Å². The van der Waals surface area contributed by atoms with Crippen LogP contribution in [0.2, 0.25) is 0 Å². The number of nitrogens with zero attached hydrogens (tertiary/aromatic N) is 1. The highest BCUT2D eigenvalue weighted by molar-refractivity contribution is 5.94. The van der Waals surface area contributed by atoms with Gasteiger partial charge in [0.1, 0.15) is 0 Å². The third-order valence-corrected chi connectivity index (χ3v) is 2.73. The number of esters is 1. The molecule has 1 rings (SSSR count). The van der Waals surface area contributed by atoms with Gasteiger partial charge in [0.2, 0.25) is 0 Å². The molecule has 1 aromatic rings. The number of nitro groups is 1. The Morgan fingerprint density at radius 1 is 1.45 bits per heavy atom. The lowest BCUT2D eigenvalue weighted by Gasteiger charge is -2.13. The molecule has 0 aliphatic carbocycles. The summed E-state index contributed by atoms with van der Waals surface area (Å²) in [5.74, 6) is -1.17. The van der Waals surface area contributed by atoms with Crippen molar-refractivity contribution in [3.8, 4) is 0 Å². The Hall–Kier alpha value is -2.44. The van der Waals surface area contributed by atoms with Crippen molar-refractivity contribution in [1.82, 2.24) is 5.32 Å². The Kier molecular flexibility index (Phi) is 5.19. The Bertz CT molecular complexity index is 542. The number of hydrogen-bond acceptors (Lipinski definition) is 5. The molecule has 0 radical (unpaired) electrons. The van der Waals surface area contributed by atoms with Crippen LogP contribution >= 0.6 is 0 Å². The van der Waals surface area contributed by atoms with E-state index in [0.29, 0.717) is 6.54 Å². The zero-order chi connectivity index (χ0) is 15.3. The lowest BCUT2D eigenvalue weighted by atomic mass is 10.1. The van der Waals surface area contributed by atoms with E-state index in [2.05, 4.69) is 5.32 Å². The van der Waals surface area contributed by atoms with E-state index in [1.165, 1.54) is 32.0 Å². The first kappa shape index (κ1) is 15.6. The number of carbonyl (C=O) groups excluding carboxylic acids is 2. The van der Waals surface area contributed by atoms with Crippen molar-refractivity contribution >= 4 is 17.6 Å². The summed E-state index contributed by atoms with van der Waals surface area (Å²) in [6.07, 6.45) is -0.957. The summed E-state index contributed by atoms with van der Waals surface area (Å²) in [5, 5.41) is 13.3. The van der Waals surface area contributed by atoms with Gasteiger partial charge in [-0.15, -0.1) is 0 Å². The molecule has 7 nitrogen and oxygen atoms in total. The topological polar surface area (TPSA) is 98.5 Å². The number of hydrogen-bond donors (Lipinski definition) is 1. The van der Waals surface area contributed by atoms with Crippen molar-refractivity contribution in [2.24, 2.45) is 0 Å². The van der Waals surface area contributed by atoms with Crippen LogP contribution in [0, 0.1) is 17.0 Å². The van der Waals surface area contributed by atoms with E-state index in [1.54, 1.807) is 6.92 Å². The third kappa shape index (κ3) is 3.53. The zero-order valence-corrected chi connectivity index (χ0v) is 11.5. The molecule has 0 unspecified atom stereocenters. The molecule has 0 saturated carbocycles. The highest BCUT2D eigenvalue weighted by atomic mass is 16.6. The van der Waals surface area contributed by atoms with Crippen molar-refractivity contribution in [2.45, 2.75) is 26.9 Å². The Morgan fingerprint density at radius 2 is 2.10 bits per heavy atom. The Balaban J connectivity index is 2.91. The van der Waals surface area contributed by atoms with Gasteiger partial charge in [0, 0.05) is 18.2 Å². The van der Waals surface area contributed by atoms with Crippen molar-refractivity contribution < 1.29 is 19.2 Å². The molecule has 1 aromatic carbocycles. The molecule has 108 valence electrons. The number of nitro benzene ring substituents is 1. The third-order valence-electron chi connectivity index (χ3n) is 2.73. The normalized spacial score (nSPS) is 11.6. The van der Waals surface area contributed by atoms with Gasteiger partial charge in [0.05, 0.1) is 10.5 Å². The number of amides is 1. The first-order valence-corrected chi connectivity index (χ1v) is 6.11. The summed E-state index contributed by atoms with van der Waals surface area (Å²) in [4.78, 5) is 33.6. The minimum absolute atomic E-state index is 0.0790. The van der Waals surface area contributed by atoms with Gasteiger partial charge < -0.3 is 10.1 Å². The molecule has 0 fully saturated rings. The van der Waals surface area contributed by atoms with Crippen LogP contribution in [-0.2, 0) is 9.53 Å². The molecule has 20 heavy (non-hydrogen) atoms. The minimum atomic E-state index is -0.957. The van der Waals surface area contributed by atoms with Gasteiger partial charge in [-0.1, -0.05) is 6.07 Å². The van der Waals surface area contributed by atoms with Crippen LogP contribution in [0.25, 0.3) is 0 Å². The molecular weight excluding hydrogens is 264 g/mol. The van der Waals surface area contributed by atoms with Gasteiger partial charge in [-0.2, -0.15) is 0 Å². The molecule has 0 bridgehead atoms. The number of ether oxygens (including phenoxy) is 1. The monoisotopic (exact) mass is 280 g/mol. The highest BCUT2D eigenvalue weighted by Gasteiger charge is 2.22. The number of carbonyl (C=O) groups is 2. The molecule has 7 heteroatoms. The minimum Gasteiger partial charge on any atom is -0.449 e. The summed E-state index contributed by atoms with van der Waals surface area (Å²) in [6, 6.07) is 4.13. The van der Waals surface area contributed by atoms with Crippen LogP contribution in [-0.4, -0.2) is 29.4 Å². The van der Waals surface area contributed by atoms with Crippen LogP contribution in [0.4, 0.5) is 5.69 Å². The fourth-order valence-corrected chi connectivity index (χ4v) is 1.64. The quantitative estimate of drug-likeness (QED) is 0.501. The summed E-state index contributed by atoms with van der Waals surface area (Å²) in [6.45, 7) is 5.08. The van der Waals surface area contributed by atoms with Crippen molar-refractivity contribution in [3.05, 3.63) is 39.4 Å². The number of nitrogens with one attached hydrogen (secondary N) is 1. The molecule has 1 amide bonds. The first-order chi connectivity index (χ1) is 9.38. The number of benzene rings is 1. The lowest BCUT2D eigenvalue weighted by Crippen LogP contribution is -2.35. The summed E-state index contributed by atoms with van der Waals surface area (Å²) in [5.41, 5.74) is 0.131. The van der Waals surface area contributed by atoms with Crippen molar-refractivity contribution in [3.63, 3.8) is 0 Å². The second-order valence-corrected chi connectivity index (χ2v) is 4.15. The van der Waals surface area contributed by atoms with Crippen LogP contribution in [0.5, 0.6) is 0 Å². The average molecular weight is 280 g/mol. The molecule has 0 heterocycles. The fraction of sp³-hybridized carbons (Fsp3) is 0.385. The second kappa shape index (κ2) is 6.65. The van der Waals surface area contributed by atoms with E-state index in [-0.39, 0.29) is 16.8 Å². The molecule has 1 N–H and O–H groups in total. The SMILES string of the molecule is CCNC(=O)[C@@H](C)OC(=O)c1cccc([N+](=O)[O-])c1C. The molecule has 1 atom stereocenters. The molecule has 0 aliphatic heterocycles. The second-order valence-electron chi connectivity index (χ2n) is 4.15. The van der Waals surface area contributed by atoms with Gasteiger partial charge >= 0.3 is 5.97 Å². The van der Waals surface area contributed by atoms with E-state index < -0.39 is 22.9 Å². The summed E-state index contributed by atoms with van der Waals surface area (Å²) < 4.78 is 4.99. The van der Waals surface area contributed by atoms with Crippen LogP contribution in [0.3, 0.4) is 0 Å². The van der Waals surface area contributed by atoms with Gasteiger partial charge in [-0.3, -0.25) is 14.9 Å². The predicted molar refractivity (Wildman–Crippen MR) is 71.4 cm³/mol. The van der Waals surface area contributed by atoms with E-state index in [4.69, 9.17) is 4.74 Å². The van der Waals surface area contributed by atoms with Gasteiger partial charge in [0.25, 0.3) is 11.6 Å². The van der Waals surface area contributed by atoms with Crippen LogP contribution in [0.15, 0.2) is 18.2 Å². The average Bonchev–Trinajstić information content (AvgIpc) is 2.38. The molecular formula is C13H16N2O5. The summed E-state index contributed by atoms with van der Waals surface area (Å²) in [7, 11) is 0. The molecule has 0 aromatic heterocycles. The van der Waals surface area contributed by atoms with E-state index >= 15 is 0 Å². The lowest BCUT2D eigenvalue weighted by molar-refractivity contribution is -0.385. The van der Waals surface area contributed by atoms with Crippen LogP contribution in [0.1, 0.15) is 29.8 Å². The van der Waals surface area contributed by atoms with E-state index in [0.717, 1.165) is 0 Å². The van der Waals surface area contributed by atoms with Crippen LogP contribution < -0.4 is 5.32 Å². The van der Waals surface area contributed by atoms with E-state index in [9.17, 15) is 19.7 Å². The predicted octanol–water partition coefficient (Wildman–Crippen LogP) is 1.58.